The lowest BCUT2D eigenvalue weighted by Gasteiger charge is -2.61. The maximum absolute atomic E-state index is 14.3. The molecule has 3 aliphatic heterocycles. The SMILES string of the molecule is C=C(C)C12OC3(C=CC=CCCCCCCCCC)OC1C1C4OC4(COC(=O)CCCCCCCCCCCCCCC)C(O)C4(O)C(=O)C(C)=CC4C1(O3)C(C)C2OC(C)=O. The summed E-state index contributed by atoms with van der Waals surface area (Å²) in [5.74, 6) is -6.18. The molecule has 3 aliphatic carbocycles. The number of Topliss-reactive ketones (excluding diaryl/α,β-unsaturated/α-hetero) is 1. The van der Waals surface area contributed by atoms with Crippen molar-refractivity contribution in [3.63, 3.8) is 0 Å². The molecule has 11 nitrogen and oxygen atoms in total. The topological polar surface area (TPSA) is 150 Å². The van der Waals surface area contributed by atoms with Gasteiger partial charge in [-0.1, -0.05) is 167 Å². The van der Waals surface area contributed by atoms with Crippen molar-refractivity contribution in [2.45, 2.75) is 236 Å². The minimum Gasteiger partial charge on any atom is -0.462 e. The second-order valence-electron chi connectivity index (χ2n) is 19.8. The van der Waals surface area contributed by atoms with E-state index < -0.39 is 88.3 Å². The Labute approximate surface area is 377 Å². The summed E-state index contributed by atoms with van der Waals surface area (Å²) in [6.07, 6.45) is 29.7. The van der Waals surface area contributed by atoms with Gasteiger partial charge in [0.05, 0.1) is 5.60 Å². The van der Waals surface area contributed by atoms with Crippen LogP contribution in [0.1, 0.15) is 183 Å². The van der Waals surface area contributed by atoms with Crippen LogP contribution in [-0.2, 0) is 42.8 Å². The molecule has 11 heteroatoms. The lowest BCUT2D eigenvalue weighted by Crippen LogP contribution is -2.76. The highest BCUT2D eigenvalue weighted by Crippen LogP contribution is 2.73. The Morgan fingerprint density at radius 2 is 1.38 bits per heavy atom. The molecule has 63 heavy (non-hydrogen) atoms. The number of carbonyl (C=O) groups excluding carboxylic acids is 3. The molecule has 354 valence electrons. The number of rotatable bonds is 28. The zero-order valence-corrected chi connectivity index (χ0v) is 39.5. The summed E-state index contributed by atoms with van der Waals surface area (Å²) < 4.78 is 39.5. The van der Waals surface area contributed by atoms with Crippen LogP contribution in [0.5, 0.6) is 0 Å². The number of ketones is 1. The van der Waals surface area contributed by atoms with Gasteiger partial charge >= 0.3 is 17.9 Å². The van der Waals surface area contributed by atoms with E-state index in [-0.39, 0.29) is 18.6 Å². The molecule has 2 N–H and O–H groups in total. The summed E-state index contributed by atoms with van der Waals surface area (Å²) in [7, 11) is 0. The number of carbonyl (C=O) groups is 3. The van der Waals surface area contributed by atoms with E-state index in [4.69, 9.17) is 28.4 Å². The number of unbranched alkanes of at least 4 members (excludes halogenated alkanes) is 19. The molecule has 0 amide bonds. The van der Waals surface area contributed by atoms with Crippen molar-refractivity contribution >= 4 is 17.7 Å². The van der Waals surface area contributed by atoms with Crippen LogP contribution in [0.25, 0.3) is 0 Å². The average molecular weight is 881 g/mol. The number of aliphatic hydroxyl groups excluding tert-OH is 1. The van der Waals surface area contributed by atoms with Gasteiger partial charge in [-0.3, -0.25) is 14.4 Å². The van der Waals surface area contributed by atoms with Crippen LogP contribution in [0, 0.1) is 17.8 Å². The molecule has 12 unspecified atom stereocenters. The van der Waals surface area contributed by atoms with E-state index in [2.05, 4.69) is 26.5 Å². The van der Waals surface area contributed by atoms with Crippen LogP contribution < -0.4 is 0 Å². The number of esters is 2. The summed E-state index contributed by atoms with van der Waals surface area (Å²) in [5.41, 5.74) is -6.31. The largest absolute Gasteiger partial charge is 0.462 e. The van der Waals surface area contributed by atoms with Gasteiger partial charge in [0.1, 0.15) is 31.0 Å². The molecule has 0 radical (unpaired) electrons. The van der Waals surface area contributed by atoms with Crippen LogP contribution in [-0.4, -0.2) is 87.3 Å². The van der Waals surface area contributed by atoms with Gasteiger partial charge in [-0.25, -0.2) is 0 Å². The normalized spacial score (nSPS) is 37.2. The van der Waals surface area contributed by atoms with Crippen molar-refractivity contribution in [1.82, 2.24) is 0 Å². The minimum absolute atomic E-state index is 0.208. The molecule has 3 bridgehead atoms. The van der Waals surface area contributed by atoms with E-state index in [1.165, 1.54) is 103 Å². The van der Waals surface area contributed by atoms with Crippen molar-refractivity contribution in [2.24, 2.45) is 17.8 Å². The van der Waals surface area contributed by atoms with Gasteiger partial charge in [-0.2, -0.15) is 0 Å². The first-order valence-electron chi connectivity index (χ1n) is 24.9. The monoisotopic (exact) mass is 881 g/mol. The van der Waals surface area contributed by atoms with Crippen LogP contribution in [0.15, 0.2) is 48.1 Å². The number of fused-ring (bicyclic) bond motifs is 3. The number of hydrogen-bond acceptors (Lipinski definition) is 11. The third-order valence-electron chi connectivity index (χ3n) is 15.3. The van der Waals surface area contributed by atoms with Gasteiger partial charge in [-0.05, 0) is 44.3 Å². The third-order valence-corrected chi connectivity index (χ3v) is 15.3. The lowest BCUT2D eigenvalue weighted by atomic mass is 9.53. The molecule has 12 atom stereocenters. The Kier molecular flexibility index (Phi) is 16.8. The predicted molar refractivity (Wildman–Crippen MR) is 241 cm³/mol. The zero-order valence-electron chi connectivity index (χ0n) is 39.5. The van der Waals surface area contributed by atoms with Crippen molar-refractivity contribution in [2.75, 3.05) is 6.61 Å². The van der Waals surface area contributed by atoms with E-state index in [1.807, 2.05) is 19.1 Å². The molecule has 0 aromatic rings. The Morgan fingerprint density at radius 1 is 0.810 bits per heavy atom. The van der Waals surface area contributed by atoms with Crippen molar-refractivity contribution < 1.29 is 53.0 Å². The number of allylic oxidation sites excluding steroid dienone is 3. The second kappa shape index (κ2) is 21.3. The molecule has 0 aromatic carbocycles. The van der Waals surface area contributed by atoms with Gasteiger partial charge in [0, 0.05) is 37.2 Å². The fourth-order valence-corrected chi connectivity index (χ4v) is 11.9. The molecular formula is C52H80O11. The number of epoxide rings is 1. The van der Waals surface area contributed by atoms with Crippen molar-refractivity contribution in [1.29, 1.82) is 0 Å². The van der Waals surface area contributed by atoms with E-state index in [9.17, 15) is 24.6 Å². The fraction of sp³-hybridized carbons (Fsp3) is 0.788. The first-order valence-corrected chi connectivity index (χ1v) is 24.9. The van der Waals surface area contributed by atoms with Gasteiger partial charge in [0.2, 0.25) is 0 Å². The van der Waals surface area contributed by atoms with Crippen LogP contribution >= 0.6 is 0 Å². The molecule has 3 heterocycles. The van der Waals surface area contributed by atoms with Crippen molar-refractivity contribution in [3.8, 4) is 0 Å². The zero-order chi connectivity index (χ0) is 45.5. The van der Waals surface area contributed by atoms with Crippen LogP contribution in [0.2, 0.25) is 0 Å². The smallest absolute Gasteiger partial charge is 0.307 e. The molecular weight excluding hydrogens is 801 g/mol. The molecule has 2 saturated carbocycles. The highest BCUT2D eigenvalue weighted by Gasteiger charge is 2.90. The second-order valence-corrected chi connectivity index (χ2v) is 19.8. The summed E-state index contributed by atoms with van der Waals surface area (Å²) in [6, 6.07) is 0. The molecule has 0 aromatic heterocycles. The number of hydrogen-bond donors (Lipinski definition) is 2. The van der Waals surface area contributed by atoms with Gasteiger partial charge in [0.15, 0.2) is 22.6 Å². The van der Waals surface area contributed by atoms with Gasteiger partial charge in [0.25, 0.3) is 0 Å². The number of aliphatic hydroxyl groups is 2. The minimum atomic E-state index is -2.44. The predicted octanol–water partition coefficient (Wildman–Crippen LogP) is 10.0. The van der Waals surface area contributed by atoms with E-state index in [0.29, 0.717) is 12.0 Å². The maximum atomic E-state index is 14.3. The molecule has 3 saturated heterocycles. The van der Waals surface area contributed by atoms with E-state index in [0.717, 1.165) is 32.1 Å². The van der Waals surface area contributed by atoms with Crippen LogP contribution in [0.3, 0.4) is 0 Å². The molecule has 5 fully saturated rings. The molecule has 6 aliphatic rings. The Bertz CT molecular complexity index is 1700. The first kappa shape index (κ1) is 49.8. The molecule has 0 spiro atoms. The average Bonchev–Trinajstić information content (AvgIpc) is 3.86. The van der Waals surface area contributed by atoms with Gasteiger partial charge < -0.3 is 38.6 Å². The van der Waals surface area contributed by atoms with Crippen LogP contribution in [0.4, 0.5) is 0 Å². The Morgan fingerprint density at radius 3 is 1.95 bits per heavy atom. The number of ether oxygens (including phenoxy) is 6. The Balaban J connectivity index is 1.18. The summed E-state index contributed by atoms with van der Waals surface area (Å²) in [4.78, 5) is 40.5. The van der Waals surface area contributed by atoms with E-state index >= 15 is 0 Å². The fourth-order valence-electron chi connectivity index (χ4n) is 11.9. The quantitative estimate of drug-likeness (QED) is 0.0254. The van der Waals surface area contributed by atoms with E-state index in [1.54, 1.807) is 26.0 Å². The maximum Gasteiger partial charge on any atom is 0.307 e. The summed E-state index contributed by atoms with van der Waals surface area (Å²) >= 11 is 0. The highest BCUT2D eigenvalue weighted by molar-refractivity contribution is 6.05. The Hall–Kier alpha value is -2.67. The van der Waals surface area contributed by atoms with Crippen molar-refractivity contribution in [3.05, 3.63) is 48.1 Å². The first-order chi connectivity index (χ1) is 30.2. The lowest BCUT2D eigenvalue weighted by molar-refractivity contribution is -0.407. The summed E-state index contributed by atoms with van der Waals surface area (Å²) in [6.45, 7) is 15.0. The third kappa shape index (κ3) is 9.63. The summed E-state index contributed by atoms with van der Waals surface area (Å²) in [5, 5.41) is 25.2. The highest BCUT2D eigenvalue weighted by atomic mass is 16.9. The standard InChI is InChI=1S/C52H80O11/c1-8-10-12-14-16-18-20-21-22-24-26-28-30-32-41(54)58-35-48-45(60-48)42-46-51(36(3)4)44(59-39(7)53)38(6)52(42,40-34-37(5)43(55)50(40,57)47(48)56)63-49(61-46,62-51)33-31-29-27-25-23-19-17-15-13-11-9-2/h27,29,31,33-34,38,40,42,44-47,56-57H,3,8-26,28,30,32,35H2,1-2,4-7H3. The molecule has 6 rings (SSSR count). The van der Waals surface area contributed by atoms with Gasteiger partial charge in [-0.15, -0.1) is 0 Å².